The van der Waals surface area contributed by atoms with Gasteiger partial charge in [-0.25, -0.2) is 0 Å². The third kappa shape index (κ3) is 4.16. The molecule has 0 aliphatic rings. The zero-order valence-electron chi connectivity index (χ0n) is 11.1. The summed E-state index contributed by atoms with van der Waals surface area (Å²) in [6, 6.07) is 9.04. The number of aliphatic hydroxyl groups is 1. The fourth-order valence-electron chi connectivity index (χ4n) is 1.85. The van der Waals surface area contributed by atoms with E-state index in [2.05, 4.69) is 21.7 Å². The van der Waals surface area contributed by atoms with Gasteiger partial charge in [0.25, 0.3) is 0 Å². The molecule has 1 aromatic carbocycles. The maximum absolute atomic E-state index is 9.99. The van der Waals surface area contributed by atoms with Gasteiger partial charge >= 0.3 is 0 Å². The molecule has 1 aromatic heterocycles. The molecule has 1 heterocycles. The van der Waals surface area contributed by atoms with Crippen molar-refractivity contribution in [1.82, 2.24) is 20.3 Å². The van der Waals surface area contributed by atoms with E-state index in [4.69, 9.17) is 5.26 Å². The Balaban J connectivity index is 1.66. The van der Waals surface area contributed by atoms with Crippen molar-refractivity contribution in [2.24, 2.45) is 0 Å². The molecule has 20 heavy (non-hydrogen) atoms. The van der Waals surface area contributed by atoms with Gasteiger partial charge in [0.2, 0.25) is 0 Å². The second kappa shape index (κ2) is 7.38. The van der Waals surface area contributed by atoms with Gasteiger partial charge in [0, 0.05) is 19.3 Å². The molecule has 1 unspecified atom stereocenters. The molecular weight excluding hydrogens is 254 g/mol. The first-order valence-corrected chi connectivity index (χ1v) is 6.52. The molecule has 0 aliphatic heterocycles. The molecule has 0 bridgehead atoms. The highest BCUT2D eigenvalue weighted by atomic mass is 16.3. The highest BCUT2D eigenvalue weighted by molar-refractivity contribution is 5.32. The first kappa shape index (κ1) is 14.2. The van der Waals surface area contributed by atoms with E-state index in [0.717, 1.165) is 25.1 Å². The van der Waals surface area contributed by atoms with Crippen molar-refractivity contribution in [2.45, 2.75) is 19.1 Å². The molecule has 6 nitrogen and oxygen atoms in total. The summed E-state index contributed by atoms with van der Waals surface area (Å²) < 4.78 is 1.78. The largest absolute Gasteiger partial charge is 0.387 e. The van der Waals surface area contributed by atoms with Crippen LogP contribution in [-0.4, -0.2) is 33.2 Å². The summed E-state index contributed by atoms with van der Waals surface area (Å²) in [6.07, 6.45) is 3.84. The first-order chi connectivity index (χ1) is 9.79. The fourth-order valence-corrected chi connectivity index (χ4v) is 1.85. The minimum Gasteiger partial charge on any atom is -0.387 e. The molecule has 2 aromatic rings. The number of rotatable bonds is 7. The monoisotopic (exact) mass is 271 g/mol. The van der Waals surface area contributed by atoms with E-state index in [1.165, 1.54) is 0 Å². The summed E-state index contributed by atoms with van der Waals surface area (Å²) in [6.45, 7) is 2.09. The van der Waals surface area contributed by atoms with Gasteiger partial charge < -0.3 is 10.4 Å². The van der Waals surface area contributed by atoms with Crippen LogP contribution in [0.1, 0.15) is 23.7 Å². The molecule has 1 atom stereocenters. The Bertz CT molecular complexity index is 544. The average molecular weight is 271 g/mol. The van der Waals surface area contributed by atoms with Crippen molar-refractivity contribution in [3.63, 3.8) is 0 Å². The van der Waals surface area contributed by atoms with Gasteiger partial charge in [-0.3, -0.25) is 4.68 Å². The van der Waals surface area contributed by atoms with Crippen LogP contribution in [0, 0.1) is 11.3 Å². The van der Waals surface area contributed by atoms with Crippen molar-refractivity contribution in [3.8, 4) is 6.07 Å². The molecule has 0 saturated heterocycles. The van der Waals surface area contributed by atoms with Gasteiger partial charge in [0.15, 0.2) is 0 Å². The first-order valence-electron chi connectivity index (χ1n) is 6.52. The van der Waals surface area contributed by atoms with E-state index in [1.807, 2.05) is 6.20 Å². The third-order valence-electron chi connectivity index (χ3n) is 2.97. The predicted octanol–water partition coefficient (Wildman–Crippen LogP) is 0.863. The van der Waals surface area contributed by atoms with Crippen LogP contribution in [0.15, 0.2) is 36.7 Å². The number of aryl methyl sites for hydroxylation is 1. The summed E-state index contributed by atoms with van der Waals surface area (Å²) >= 11 is 0. The lowest BCUT2D eigenvalue weighted by Crippen LogP contribution is -2.23. The molecule has 2 rings (SSSR count). The van der Waals surface area contributed by atoms with Crippen LogP contribution in [0.2, 0.25) is 0 Å². The average Bonchev–Trinajstić information content (AvgIpc) is 3.00. The van der Waals surface area contributed by atoms with Gasteiger partial charge in [-0.2, -0.15) is 5.26 Å². The summed E-state index contributed by atoms with van der Waals surface area (Å²) in [5, 5.41) is 29.5. The quantitative estimate of drug-likeness (QED) is 0.729. The highest BCUT2D eigenvalue weighted by Crippen LogP contribution is 2.12. The lowest BCUT2D eigenvalue weighted by atomic mass is 10.1. The number of benzene rings is 1. The zero-order valence-corrected chi connectivity index (χ0v) is 11.1. The van der Waals surface area contributed by atoms with Crippen molar-refractivity contribution in [2.75, 3.05) is 13.1 Å². The van der Waals surface area contributed by atoms with Gasteiger partial charge in [-0.05, 0) is 30.7 Å². The van der Waals surface area contributed by atoms with Crippen molar-refractivity contribution >= 4 is 0 Å². The van der Waals surface area contributed by atoms with Crippen LogP contribution >= 0.6 is 0 Å². The SMILES string of the molecule is N#Cc1ccc(C(O)CNCCCn2ccnn2)cc1. The Hall–Kier alpha value is -2.23. The predicted molar refractivity (Wildman–Crippen MR) is 73.6 cm³/mol. The zero-order chi connectivity index (χ0) is 14.2. The van der Waals surface area contributed by atoms with Crippen molar-refractivity contribution in [3.05, 3.63) is 47.8 Å². The molecule has 104 valence electrons. The lowest BCUT2D eigenvalue weighted by Gasteiger charge is -2.12. The number of nitrogens with zero attached hydrogens (tertiary/aromatic N) is 4. The van der Waals surface area contributed by atoms with E-state index >= 15 is 0 Å². The summed E-state index contributed by atoms with van der Waals surface area (Å²) in [5.41, 5.74) is 1.41. The van der Waals surface area contributed by atoms with Crippen LogP contribution in [-0.2, 0) is 6.54 Å². The number of hydrogen-bond acceptors (Lipinski definition) is 5. The topological polar surface area (TPSA) is 86.8 Å². The Morgan fingerprint density at radius 1 is 1.35 bits per heavy atom. The molecular formula is C14H17N5O. The Morgan fingerprint density at radius 3 is 2.80 bits per heavy atom. The fraction of sp³-hybridized carbons (Fsp3) is 0.357. The van der Waals surface area contributed by atoms with Crippen molar-refractivity contribution < 1.29 is 5.11 Å². The van der Waals surface area contributed by atoms with Gasteiger partial charge in [0.1, 0.15) is 0 Å². The second-order valence-electron chi connectivity index (χ2n) is 4.47. The molecule has 6 heteroatoms. The van der Waals surface area contributed by atoms with Gasteiger partial charge in [-0.1, -0.05) is 17.3 Å². The minimum absolute atomic E-state index is 0.489. The number of nitriles is 1. The number of aliphatic hydroxyl groups excluding tert-OH is 1. The molecule has 0 spiro atoms. The lowest BCUT2D eigenvalue weighted by molar-refractivity contribution is 0.174. The van der Waals surface area contributed by atoms with Crippen LogP contribution in [0.25, 0.3) is 0 Å². The Morgan fingerprint density at radius 2 is 2.15 bits per heavy atom. The summed E-state index contributed by atoms with van der Waals surface area (Å²) in [7, 11) is 0. The normalized spacial score (nSPS) is 12.0. The molecule has 2 N–H and O–H groups in total. The van der Waals surface area contributed by atoms with Crippen LogP contribution in [0.4, 0.5) is 0 Å². The Kier molecular flexibility index (Phi) is 5.24. The van der Waals surface area contributed by atoms with E-state index in [9.17, 15) is 5.11 Å². The van der Waals surface area contributed by atoms with Crippen LogP contribution in [0.5, 0.6) is 0 Å². The standard InChI is InChI=1S/C14H17N5O/c15-10-12-2-4-13(5-3-12)14(20)11-16-6-1-8-19-9-7-17-18-19/h2-5,7,9,14,16,20H,1,6,8,11H2. The highest BCUT2D eigenvalue weighted by Gasteiger charge is 2.06. The van der Waals surface area contributed by atoms with Crippen LogP contribution < -0.4 is 5.32 Å². The van der Waals surface area contributed by atoms with E-state index < -0.39 is 6.10 Å². The second-order valence-corrected chi connectivity index (χ2v) is 4.47. The van der Waals surface area contributed by atoms with E-state index in [1.54, 1.807) is 35.1 Å². The maximum Gasteiger partial charge on any atom is 0.0991 e. The molecule has 0 aliphatic carbocycles. The molecule has 0 radical (unpaired) electrons. The maximum atomic E-state index is 9.99. The molecule has 0 amide bonds. The third-order valence-corrected chi connectivity index (χ3v) is 2.97. The van der Waals surface area contributed by atoms with Crippen LogP contribution in [0.3, 0.4) is 0 Å². The summed E-state index contributed by atoms with van der Waals surface area (Å²) in [4.78, 5) is 0. The van der Waals surface area contributed by atoms with Gasteiger partial charge in [-0.15, -0.1) is 5.10 Å². The number of nitrogens with one attached hydrogen (secondary N) is 1. The van der Waals surface area contributed by atoms with Crippen molar-refractivity contribution in [1.29, 1.82) is 5.26 Å². The van der Waals surface area contributed by atoms with E-state index in [0.29, 0.717) is 12.1 Å². The smallest absolute Gasteiger partial charge is 0.0991 e. The van der Waals surface area contributed by atoms with Gasteiger partial charge in [0.05, 0.1) is 23.9 Å². The molecule has 0 fully saturated rings. The summed E-state index contributed by atoms with van der Waals surface area (Å²) in [5.74, 6) is 0. The number of hydrogen-bond donors (Lipinski definition) is 2. The molecule has 0 saturated carbocycles. The minimum atomic E-state index is -0.561. The Labute approximate surface area is 117 Å². The van der Waals surface area contributed by atoms with E-state index in [-0.39, 0.29) is 0 Å². The number of aromatic nitrogens is 3.